The van der Waals surface area contributed by atoms with Gasteiger partial charge in [0.25, 0.3) is 5.91 Å². The van der Waals surface area contributed by atoms with Crippen LogP contribution in [0.15, 0.2) is 65.3 Å². The summed E-state index contributed by atoms with van der Waals surface area (Å²) in [5.41, 5.74) is 4.33. The van der Waals surface area contributed by atoms with E-state index in [0.717, 1.165) is 43.3 Å². The van der Waals surface area contributed by atoms with E-state index in [1.807, 2.05) is 55.5 Å². The minimum Gasteiger partial charge on any atom is -0.378 e. The van der Waals surface area contributed by atoms with Gasteiger partial charge >= 0.3 is 0 Å². The van der Waals surface area contributed by atoms with Gasteiger partial charge in [-0.2, -0.15) is 10.1 Å². The molecule has 0 bridgehead atoms. The molecule has 2 aromatic rings. The Kier molecular flexibility index (Phi) is 4.54. The Labute approximate surface area is 153 Å². The van der Waals surface area contributed by atoms with Gasteiger partial charge in [-0.3, -0.25) is 4.79 Å². The third-order valence-corrected chi connectivity index (χ3v) is 4.64. The van der Waals surface area contributed by atoms with Gasteiger partial charge in [0.05, 0.1) is 30.2 Å². The van der Waals surface area contributed by atoms with Crippen LogP contribution in [-0.4, -0.2) is 37.9 Å². The molecule has 0 spiro atoms. The summed E-state index contributed by atoms with van der Waals surface area (Å²) in [5, 5.41) is 5.88. The highest BCUT2D eigenvalue weighted by Gasteiger charge is 2.28. The Morgan fingerprint density at radius 3 is 2.35 bits per heavy atom. The van der Waals surface area contributed by atoms with Crippen molar-refractivity contribution in [2.45, 2.75) is 6.92 Å². The molecule has 4 rings (SSSR count). The molecular weight excluding hydrogens is 326 g/mol. The van der Waals surface area contributed by atoms with Crippen LogP contribution in [0.25, 0.3) is 6.08 Å². The monoisotopic (exact) mass is 347 g/mol. The SMILES string of the molecule is CC1=NN(c2ccccc2)C(=O)C1=Cc1ccc(N2CCOCC2)cc1. The Morgan fingerprint density at radius 1 is 0.962 bits per heavy atom. The summed E-state index contributed by atoms with van der Waals surface area (Å²) in [5.74, 6) is -0.0917. The van der Waals surface area contributed by atoms with Crippen LogP contribution in [0, 0.1) is 0 Å². The number of nitrogens with zero attached hydrogens (tertiary/aromatic N) is 3. The molecule has 2 aromatic carbocycles. The van der Waals surface area contributed by atoms with Crippen molar-refractivity contribution in [1.82, 2.24) is 0 Å². The lowest BCUT2D eigenvalue weighted by atomic mass is 10.1. The number of rotatable bonds is 3. The summed E-state index contributed by atoms with van der Waals surface area (Å²) >= 11 is 0. The number of anilines is 2. The molecule has 2 aliphatic rings. The van der Waals surface area contributed by atoms with E-state index >= 15 is 0 Å². The fourth-order valence-electron chi connectivity index (χ4n) is 3.20. The number of benzene rings is 2. The third-order valence-electron chi connectivity index (χ3n) is 4.64. The van der Waals surface area contributed by atoms with Crippen LogP contribution in [0.3, 0.4) is 0 Å². The number of carbonyl (C=O) groups is 1. The molecule has 0 saturated carbocycles. The Bertz CT molecular complexity index is 851. The molecule has 132 valence electrons. The van der Waals surface area contributed by atoms with Gasteiger partial charge in [0.2, 0.25) is 0 Å². The van der Waals surface area contributed by atoms with Crippen LogP contribution < -0.4 is 9.91 Å². The van der Waals surface area contributed by atoms with Crippen LogP contribution in [0.4, 0.5) is 11.4 Å². The summed E-state index contributed by atoms with van der Waals surface area (Å²) in [6.07, 6.45) is 1.91. The molecule has 26 heavy (non-hydrogen) atoms. The van der Waals surface area contributed by atoms with E-state index in [2.05, 4.69) is 22.1 Å². The first-order chi connectivity index (χ1) is 12.7. The number of hydrazone groups is 1. The molecule has 2 heterocycles. The molecule has 5 nitrogen and oxygen atoms in total. The van der Waals surface area contributed by atoms with Gasteiger partial charge in [-0.1, -0.05) is 30.3 Å². The fourth-order valence-corrected chi connectivity index (χ4v) is 3.20. The van der Waals surface area contributed by atoms with Crippen LogP contribution in [0.1, 0.15) is 12.5 Å². The van der Waals surface area contributed by atoms with Crippen molar-refractivity contribution in [3.8, 4) is 0 Å². The van der Waals surface area contributed by atoms with Crippen molar-refractivity contribution < 1.29 is 9.53 Å². The number of amides is 1. The van der Waals surface area contributed by atoms with E-state index in [1.54, 1.807) is 0 Å². The average Bonchev–Trinajstić information content (AvgIpc) is 2.98. The number of para-hydroxylation sites is 1. The Morgan fingerprint density at radius 2 is 1.65 bits per heavy atom. The lowest BCUT2D eigenvalue weighted by Gasteiger charge is -2.28. The van der Waals surface area contributed by atoms with Crippen molar-refractivity contribution in [1.29, 1.82) is 0 Å². The first-order valence-electron chi connectivity index (χ1n) is 8.82. The quantitative estimate of drug-likeness (QED) is 0.800. The van der Waals surface area contributed by atoms with Crippen molar-refractivity contribution in [2.24, 2.45) is 5.10 Å². The minimum atomic E-state index is -0.0917. The molecule has 0 atom stereocenters. The molecule has 1 saturated heterocycles. The predicted octanol–water partition coefficient (Wildman–Crippen LogP) is 3.33. The second-order valence-corrected chi connectivity index (χ2v) is 6.39. The summed E-state index contributed by atoms with van der Waals surface area (Å²) in [4.78, 5) is 15.1. The van der Waals surface area contributed by atoms with Crippen LogP contribution >= 0.6 is 0 Å². The zero-order valence-electron chi connectivity index (χ0n) is 14.8. The topological polar surface area (TPSA) is 45.1 Å². The molecule has 1 fully saturated rings. The summed E-state index contributed by atoms with van der Waals surface area (Å²) < 4.78 is 5.40. The van der Waals surface area contributed by atoms with Gasteiger partial charge in [-0.05, 0) is 42.8 Å². The lowest BCUT2D eigenvalue weighted by Crippen LogP contribution is -2.36. The highest BCUT2D eigenvalue weighted by Crippen LogP contribution is 2.25. The first kappa shape index (κ1) is 16.5. The molecule has 0 aromatic heterocycles. The lowest BCUT2D eigenvalue weighted by molar-refractivity contribution is -0.114. The van der Waals surface area contributed by atoms with Crippen molar-refractivity contribution in [3.63, 3.8) is 0 Å². The predicted molar refractivity (Wildman–Crippen MR) is 104 cm³/mol. The van der Waals surface area contributed by atoms with E-state index < -0.39 is 0 Å². The Balaban J connectivity index is 1.54. The molecule has 1 amide bonds. The van der Waals surface area contributed by atoms with E-state index in [-0.39, 0.29) is 5.91 Å². The zero-order chi connectivity index (χ0) is 17.9. The number of ether oxygens (including phenoxy) is 1. The van der Waals surface area contributed by atoms with E-state index in [1.165, 1.54) is 10.7 Å². The minimum absolute atomic E-state index is 0.0917. The van der Waals surface area contributed by atoms with Crippen LogP contribution in [0.2, 0.25) is 0 Å². The standard InChI is InChI=1S/C21H21N3O2/c1-16-20(21(25)24(22-16)19-5-3-2-4-6-19)15-17-7-9-18(10-8-17)23-11-13-26-14-12-23/h2-10,15H,11-14H2,1H3. The molecule has 0 N–H and O–H groups in total. The van der Waals surface area contributed by atoms with Crippen molar-refractivity contribution >= 4 is 29.1 Å². The number of hydrogen-bond donors (Lipinski definition) is 0. The highest BCUT2D eigenvalue weighted by atomic mass is 16.5. The summed E-state index contributed by atoms with van der Waals surface area (Å²) in [7, 11) is 0. The molecule has 0 unspecified atom stereocenters. The van der Waals surface area contributed by atoms with Crippen LogP contribution in [0.5, 0.6) is 0 Å². The zero-order valence-corrected chi connectivity index (χ0v) is 14.8. The summed E-state index contributed by atoms with van der Waals surface area (Å²) in [6.45, 7) is 5.23. The number of hydrogen-bond acceptors (Lipinski definition) is 4. The van der Waals surface area contributed by atoms with Gasteiger partial charge in [-0.25, -0.2) is 0 Å². The third kappa shape index (κ3) is 3.26. The van der Waals surface area contributed by atoms with Gasteiger partial charge in [0, 0.05) is 18.8 Å². The second-order valence-electron chi connectivity index (χ2n) is 6.39. The molecule has 2 aliphatic heterocycles. The van der Waals surface area contributed by atoms with Crippen LogP contribution in [-0.2, 0) is 9.53 Å². The fraction of sp³-hybridized carbons (Fsp3) is 0.238. The average molecular weight is 347 g/mol. The molecule has 0 radical (unpaired) electrons. The first-order valence-corrected chi connectivity index (χ1v) is 8.82. The van der Waals surface area contributed by atoms with E-state index in [0.29, 0.717) is 5.57 Å². The maximum Gasteiger partial charge on any atom is 0.280 e. The largest absolute Gasteiger partial charge is 0.378 e. The molecule has 0 aliphatic carbocycles. The molecular formula is C21H21N3O2. The van der Waals surface area contributed by atoms with E-state index in [4.69, 9.17) is 4.74 Å². The van der Waals surface area contributed by atoms with Gasteiger partial charge in [0.1, 0.15) is 0 Å². The van der Waals surface area contributed by atoms with Gasteiger partial charge in [0.15, 0.2) is 0 Å². The Hall–Kier alpha value is -2.92. The van der Waals surface area contributed by atoms with Gasteiger partial charge < -0.3 is 9.64 Å². The van der Waals surface area contributed by atoms with Gasteiger partial charge in [-0.15, -0.1) is 0 Å². The number of morpholine rings is 1. The maximum atomic E-state index is 12.8. The smallest absolute Gasteiger partial charge is 0.280 e. The normalized spacial score (nSPS) is 19.2. The highest BCUT2D eigenvalue weighted by molar-refractivity contribution is 6.32. The van der Waals surface area contributed by atoms with Crippen molar-refractivity contribution in [2.75, 3.05) is 36.2 Å². The summed E-state index contributed by atoms with van der Waals surface area (Å²) in [6, 6.07) is 17.8. The van der Waals surface area contributed by atoms with Crippen molar-refractivity contribution in [3.05, 3.63) is 65.7 Å². The number of carbonyl (C=O) groups excluding carboxylic acids is 1. The second kappa shape index (κ2) is 7.14. The maximum absolute atomic E-state index is 12.8. The molecule has 5 heteroatoms. The van der Waals surface area contributed by atoms with E-state index in [9.17, 15) is 4.79 Å².